The first-order valence-electron chi connectivity index (χ1n) is 9.17. The number of aromatic nitrogens is 2. The maximum atomic E-state index is 11.6. The van der Waals surface area contributed by atoms with Crippen LogP contribution in [0.25, 0.3) is 11.3 Å². The SMILES string of the molecule is Cc1c(N=O)c(-c2ccccc2)nn1C12CC3CC(CC(C3)C1)C2. The molecule has 124 valence electrons. The highest BCUT2D eigenvalue weighted by molar-refractivity contribution is 5.73. The van der Waals surface area contributed by atoms with Gasteiger partial charge in [0.2, 0.25) is 0 Å². The second-order valence-electron chi connectivity index (χ2n) is 8.29. The minimum absolute atomic E-state index is 0.130. The van der Waals surface area contributed by atoms with E-state index in [1.54, 1.807) is 0 Å². The summed E-state index contributed by atoms with van der Waals surface area (Å²) in [5.41, 5.74) is 3.34. The van der Waals surface area contributed by atoms with Crippen molar-refractivity contribution in [1.29, 1.82) is 0 Å². The Morgan fingerprint density at radius 1 is 1.04 bits per heavy atom. The van der Waals surface area contributed by atoms with Crippen molar-refractivity contribution >= 4 is 5.69 Å². The van der Waals surface area contributed by atoms with Crippen LogP contribution in [0.15, 0.2) is 35.5 Å². The van der Waals surface area contributed by atoms with Crippen molar-refractivity contribution in [3.05, 3.63) is 40.9 Å². The third kappa shape index (κ3) is 1.95. The summed E-state index contributed by atoms with van der Waals surface area (Å²) < 4.78 is 2.20. The quantitative estimate of drug-likeness (QED) is 0.731. The number of nitroso groups, excluding NO2 is 1. The molecular formula is C20H23N3O. The van der Waals surface area contributed by atoms with Gasteiger partial charge < -0.3 is 0 Å². The van der Waals surface area contributed by atoms with Gasteiger partial charge in [0.15, 0.2) is 5.69 Å². The Balaban J connectivity index is 1.65. The van der Waals surface area contributed by atoms with Crippen LogP contribution in [-0.4, -0.2) is 9.78 Å². The molecule has 0 saturated heterocycles. The zero-order chi connectivity index (χ0) is 16.3. The van der Waals surface area contributed by atoms with Crippen LogP contribution >= 0.6 is 0 Å². The van der Waals surface area contributed by atoms with E-state index in [0.717, 1.165) is 34.7 Å². The number of nitrogens with zero attached hydrogens (tertiary/aromatic N) is 3. The van der Waals surface area contributed by atoms with E-state index in [2.05, 4.69) is 9.86 Å². The normalized spacial score (nSPS) is 33.8. The Labute approximate surface area is 142 Å². The molecule has 0 atom stereocenters. The fraction of sp³-hybridized carbons (Fsp3) is 0.550. The third-order valence-electron chi connectivity index (χ3n) is 6.68. The summed E-state index contributed by atoms with van der Waals surface area (Å²) in [4.78, 5) is 11.6. The van der Waals surface area contributed by atoms with E-state index in [9.17, 15) is 4.91 Å². The van der Waals surface area contributed by atoms with Gasteiger partial charge in [-0.05, 0) is 68.4 Å². The highest BCUT2D eigenvalue weighted by Crippen LogP contribution is 2.59. The first-order valence-corrected chi connectivity index (χ1v) is 9.17. The molecule has 0 N–H and O–H groups in total. The monoisotopic (exact) mass is 321 g/mol. The molecular weight excluding hydrogens is 298 g/mol. The Morgan fingerprint density at radius 2 is 1.62 bits per heavy atom. The molecule has 0 unspecified atom stereocenters. The van der Waals surface area contributed by atoms with Crippen LogP contribution in [-0.2, 0) is 5.54 Å². The Bertz CT molecular complexity index is 757. The van der Waals surface area contributed by atoms with Gasteiger partial charge in [-0.2, -0.15) is 5.10 Å². The van der Waals surface area contributed by atoms with Gasteiger partial charge in [0, 0.05) is 5.56 Å². The molecule has 1 aromatic heterocycles. The van der Waals surface area contributed by atoms with Crippen LogP contribution < -0.4 is 0 Å². The van der Waals surface area contributed by atoms with E-state index in [1.165, 1.54) is 38.5 Å². The second-order valence-corrected chi connectivity index (χ2v) is 8.29. The molecule has 1 heterocycles. The van der Waals surface area contributed by atoms with Gasteiger partial charge in [-0.3, -0.25) is 4.68 Å². The summed E-state index contributed by atoms with van der Waals surface area (Å²) in [5, 5.41) is 8.33. The summed E-state index contributed by atoms with van der Waals surface area (Å²) in [6, 6.07) is 9.99. The standard InChI is InChI=1S/C20H23N3O/c1-13-18(22-24)19(17-5-3-2-4-6-17)21-23(13)20-10-14-7-15(11-20)9-16(8-14)12-20/h2-6,14-16H,7-12H2,1H3. The summed E-state index contributed by atoms with van der Waals surface area (Å²) in [7, 11) is 0. The first kappa shape index (κ1) is 14.4. The zero-order valence-electron chi connectivity index (χ0n) is 14.1. The van der Waals surface area contributed by atoms with Crippen LogP contribution in [0.4, 0.5) is 5.69 Å². The van der Waals surface area contributed by atoms with Crippen LogP contribution in [0.2, 0.25) is 0 Å². The molecule has 4 nitrogen and oxygen atoms in total. The highest BCUT2D eigenvalue weighted by atomic mass is 16.3. The lowest BCUT2D eigenvalue weighted by Gasteiger charge is -2.56. The fourth-order valence-corrected chi connectivity index (χ4v) is 6.18. The van der Waals surface area contributed by atoms with E-state index in [0.29, 0.717) is 5.69 Å². The topological polar surface area (TPSA) is 47.2 Å². The summed E-state index contributed by atoms with van der Waals surface area (Å²) in [6.45, 7) is 2.02. The third-order valence-corrected chi connectivity index (χ3v) is 6.68. The molecule has 2 aromatic rings. The molecule has 6 rings (SSSR count). The van der Waals surface area contributed by atoms with Crippen LogP contribution in [0.5, 0.6) is 0 Å². The van der Waals surface area contributed by atoms with Crippen LogP contribution in [0.1, 0.15) is 44.2 Å². The molecule has 1 aromatic carbocycles. The molecule has 4 aliphatic carbocycles. The Hall–Kier alpha value is -1.97. The van der Waals surface area contributed by atoms with Crippen molar-refractivity contribution in [2.24, 2.45) is 22.9 Å². The van der Waals surface area contributed by atoms with E-state index < -0.39 is 0 Å². The van der Waals surface area contributed by atoms with Gasteiger partial charge >= 0.3 is 0 Å². The summed E-state index contributed by atoms with van der Waals surface area (Å²) >= 11 is 0. The smallest absolute Gasteiger partial charge is 0.156 e. The van der Waals surface area contributed by atoms with Crippen LogP contribution in [0, 0.1) is 29.6 Å². The van der Waals surface area contributed by atoms with Crippen molar-refractivity contribution in [2.45, 2.75) is 51.0 Å². The average molecular weight is 321 g/mol. The van der Waals surface area contributed by atoms with Crippen molar-refractivity contribution in [2.75, 3.05) is 0 Å². The predicted octanol–water partition coefficient (Wildman–Crippen LogP) is 5.18. The first-order chi connectivity index (χ1) is 11.7. The van der Waals surface area contributed by atoms with Crippen molar-refractivity contribution < 1.29 is 0 Å². The van der Waals surface area contributed by atoms with Gasteiger partial charge in [-0.25, -0.2) is 0 Å². The van der Waals surface area contributed by atoms with Crippen molar-refractivity contribution in [3.8, 4) is 11.3 Å². The minimum Gasteiger partial charge on any atom is -0.261 e. The molecule has 0 spiro atoms. The molecule has 4 saturated carbocycles. The van der Waals surface area contributed by atoms with Gasteiger partial charge in [0.1, 0.15) is 5.69 Å². The minimum atomic E-state index is 0.130. The molecule has 24 heavy (non-hydrogen) atoms. The lowest BCUT2D eigenvalue weighted by molar-refractivity contribution is -0.0502. The van der Waals surface area contributed by atoms with E-state index in [1.807, 2.05) is 37.3 Å². The summed E-state index contributed by atoms with van der Waals surface area (Å²) in [6.07, 6.45) is 7.91. The predicted molar refractivity (Wildman–Crippen MR) is 94.0 cm³/mol. The van der Waals surface area contributed by atoms with Gasteiger partial charge in [-0.15, -0.1) is 4.91 Å². The number of hydrogen-bond donors (Lipinski definition) is 0. The number of benzene rings is 1. The van der Waals surface area contributed by atoms with Gasteiger partial charge in [-0.1, -0.05) is 30.3 Å². The van der Waals surface area contributed by atoms with Crippen molar-refractivity contribution in [3.63, 3.8) is 0 Å². The molecule has 4 heteroatoms. The Kier molecular flexibility index (Phi) is 3.00. The van der Waals surface area contributed by atoms with Gasteiger partial charge in [0.25, 0.3) is 0 Å². The second kappa shape index (κ2) is 5.01. The zero-order valence-corrected chi connectivity index (χ0v) is 14.1. The molecule has 0 radical (unpaired) electrons. The molecule has 0 amide bonds. The molecule has 4 aliphatic rings. The fourth-order valence-electron chi connectivity index (χ4n) is 6.18. The lowest BCUT2D eigenvalue weighted by atomic mass is 9.53. The number of rotatable bonds is 3. The van der Waals surface area contributed by atoms with E-state index >= 15 is 0 Å². The summed E-state index contributed by atoms with van der Waals surface area (Å²) in [5.74, 6) is 2.56. The number of hydrogen-bond acceptors (Lipinski definition) is 3. The average Bonchev–Trinajstić information content (AvgIpc) is 2.92. The van der Waals surface area contributed by atoms with E-state index in [-0.39, 0.29) is 5.54 Å². The molecule has 0 aliphatic heterocycles. The molecule has 4 fully saturated rings. The van der Waals surface area contributed by atoms with Crippen molar-refractivity contribution in [1.82, 2.24) is 9.78 Å². The maximum Gasteiger partial charge on any atom is 0.156 e. The van der Waals surface area contributed by atoms with Gasteiger partial charge in [0.05, 0.1) is 11.2 Å². The highest BCUT2D eigenvalue weighted by Gasteiger charge is 2.53. The Morgan fingerprint density at radius 3 is 2.17 bits per heavy atom. The lowest BCUT2D eigenvalue weighted by Crippen LogP contribution is -2.52. The largest absolute Gasteiger partial charge is 0.261 e. The van der Waals surface area contributed by atoms with E-state index in [4.69, 9.17) is 5.10 Å². The molecule has 4 bridgehead atoms. The maximum absolute atomic E-state index is 11.6. The van der Waals surface area contributed by atoms with Crippen LogP contribution in [0.3, 0.4) is 0 Å².